The molecule has 2 N–H and O–H groups in total. The second-order valence-corrected chi connectivity index (χ2v) is 16.4. The molecule has 0 unspecified atom stereocenters. The standard InChI is InChI=1S/C30H40N4O6Si/c1-28(2,3)40-27(37)32-24-21(19-35)18-30(26(36)38-7,25(24)33-34-31)20-39-41(29(4,5)6,22-14-10-8-11-15-22)23-16-12-9-13-17-23/h8-18,24-25,35H,19-20H2,1-7H3,(H,32,37)/t24-,25+,30+/m1/s1. The Morgan fingerprint density at radius 2 is 1.56 bits per heavy atom. The van der Waals surface area contributed by atoms with E-state index < -0.39 is 55.1 Å². The van der Waals surface area contributed by atoms with Gasteiger partial charge in [-0.2, -0.15) is 0 Å². The number of rotatable bonds is 9. The third-order valence-corrected chi connectivity index (χ3v) is 12.2. The Labute approximate surface area is 242 Å². The summed E-state index contributed by atoms with van der Waals surface area (Å²) in [6, 6.07) is 17.5. The van der Waals surface area contributed by atoms with Gasteiger partial charge < -0.3 is 24.3 Å². The highest BCUT2D eigenvalue weighted by Crippen LogP contribution is 2.44. The van der Waals surface area contributed by atoms with Gasteiger partial charge in [-0.05, 0) is 47.3 Å². The second-order valence-electron chi connectivity index (χ2n) is 12.1. The van der Waals surface area contributed by atoms with Gasteiger partial charge in [0.2, 0.25) is 0 Å². The fourth-order valence-electron chi connectivity index (χ4n) is 5.53. The Kier molecular flexibility index (Phi) is 9.71. The van der Waals surface area contributed by atoms with Crippen molar-refractivity contribution in [2.45, 2.75) is 64.3 Å². The van der Waals surface area contributed by atoms with Crippen LogP contribution in [0.3, 0.4) is 0 Å². The maximum absolute atomic E-state index is 13.6. The molecule has 0 fully saturated rings. The second kappa shape index (κ2) is 12.5. The van der Waals surface area contributed by atoms with Crippen LogP contribution in [-0.2, 0) is 18.7 Å². The molecule has 11 heteroatoms. The number of aliphatic hydroxyl groups excluding tert-OH is 1. The topological polar surface area (TPSA) is 143 Å². The molecule has 0 spiro atoms. The van der Waals surface area contributed by atoms with E-state index in [0.717, 1.165) is 10.4 Å². The summed E-state index contributed by atoms with van der Waals surface area (Å²) in [5.41, 5.74) is 7.40. The Morgan fingerprint density at radius 3 is 1.98 bits per heavy atom. The van der Waals surface area contributed by atoms with Gasteiger partial charge in [0.15, 0.2) is 0 Å². The number of alkyl carbamates (subject to hydrolysis) is 1. The summed E-state index contributed by atoms with van der Waals surface area (Å²) in [6.07, 6.45) is 0.728. The van der Waals surface area contributed by atoms with Crippen LogP contribution in [-0.4, -0.2) is 63.5 Å². The Balaban J connectivity index is 2.19. The lowest BCUT2D eigenvalue weighted by Crippen LogP contribution is -2.68. The van der Waals surface area contributed by atoms with E-state index in [4.69, 9.17) is 13.9 Å². The number of azide groups is 1. The lowest BCUT2D eigenvalue weighted by molar-refractivity contribution is -0.152. The quantitative estimate of drug-likeness (QED) is 0.114. The molecule has 2 aromatic carbocycles. The average Bonchev–Trinajstić information content (AvgIpc) is 3.21. The first-order chi connectivity index (χ1) is 19.3. The summed E-state index contributed by atoms with van der Waals surface area (Å²) >= 11 is 0. The minimum atomic E-state index is -3.14. The number of hydrogen-bond acceptors (Lipinski definition) is 7. The van der Waals surface area contributed by atoms with Gasteiger partial charge in [0, 0.05) is 4.91 Å². The summed E-state index contributed by atoms with van der Waals surface area (Å²) in [5, 5.41) is 18.5. The molecular formula is C30H40N4O6Si. The monoisotopic (exact) mass is 580 g/mol. The van der Waals surface area contributed by atoms with Crippen LogP contribution in [0.4, 0.5) is 4.79 Å². The maximum atomic E-state index is 13.6. The number of carbonyl (C=O) groups excluding carboxylic acids is 2. The number of amides is 1. The highest BCUT2D eigenvalue weighted by atomic mass is 28.4. The molecule has 0 saturated carbocycles. The summed E-state index contributed by atoms with van der Waals surface area (Å²) in [4.78, 5) is 29.4. The summed E-state index contributed by atoms with van der Waals surface area (Å²) < 4.78 is 17.7. The zero-order valence-electron chi connectivity index (χ0n) is 24.7. The van der Waals surface area contributed by atoms with Crippen LogP contribution >= 0.6 is 0 Å². The largest absolute Gasteiger partial charge is 0.468 e. The van der Waals surface area contributed by atoms with Gasteiger partial charge in [0.25, 0.3) is 8.32 Å². The van der Waals surface area contributed by atoms with E-state index in [1.807, 2.05) is 60.7 Å². The molecule has 0 radical (unpaired) electrons. The lowest BCUT2D eigenvalue weighted by Gasteiger charge is -2.45. The van der Waals surface area contributed by atoms with Crippen LogP contribution < -0.4 is 15.7 Å². The molecule has 220 valence electrons. The van der Waals surface area contributed by atoms with Gasteiger partial charge in [0.1, 0.15) is 11.0 Å². The van der Waals surface area contributed by atoms with Crippen molar-refractivity contribution < 1.29 is 28.6 Å². The summed E-state index contributed by atoms with van der Waals surface area (Å²) in [7, 11) is -1.90. The highest BCUT2D eigenvalue weighted by molar-refractivity contribution is 6.99. The van der Waals surface area contributed by atoms with Crippen LogP contribution in [0.5, 0.6) is 0 Å². The molecule has 0 heterocycles. The van der Waals surface area contributed by atoms with E-state index in [-0.39, 0.29) is 12.2 Å². The zero-order valence-corrected chi connectivity index (χ0v) is 25.7. The van der Waals surface area contributed by atoms with Crippen molar-refractivity contribution >= 4 is 30.8 Å². The molecule has 2 aromatic rings. The van der Waals surface area contributed by atoms with Crippen molar-refractivity contribution in [2.24, 2.45) is 10.5 Å². The molecule has 1 aliphatic carbocycles. The van der Waals surface area contributed by atoms with Gasteiger partial charge in [-0.3, -0.25) is 4.79 Å². The number of methoxy groups -OCH3 is 1. The fraction of sp³-hybridized carbons (Fsp3) is 0.467. The third kappa shape index (κ3) is 6.49. The highest BCUT2D eigenvalue weighted by Gasteiger charge is 2.58. The normalized spacial score (nSPS) is 20.9. The number of benzene rings is 2. The predicted octanol–water partition coefficient (Wildman–Crippen LogP) is 4.23. The van der Waals surface area contributed by atoms with Crippen LogP contribution in [0.25, 0.3) is 10.4 Å². The molecule has 1 amide bonds. The van der Waals surface area contributed by atoms with Crippen LogP contribution in [0.15, 0.2) is 77.4 Å². The van der Waals surface area contributed by atoms with E-state index in [2.05, 4.69) is 36.1 Å². The first-order valence-corrected chi connectivity index (χ1v) is 15.4. The average molecular weight is 581 g/mol. The van der Waals surface area contributed by atoms with E-state index in [0.29, 0.717) is 0 Å². The van der Waals surface area contributed by atoms with Crippen LogP contribution in [0.1, 0.15) is 41.5 Å². The molecule has 10 nitrogen and oxygen atoms in total. The van der Waals surface area contributed by atoms with Crippen LogP contribution in [0, 0.1) is 5.41 Å². The van der Waals surface area contributed by atoms with E-state index in [1.54, 1.807) is 20.8 Å². The molecule has 3 atom stereocenters. The van der Waals surface area contributed by atoms with Gasteiger partial charge >= 0.3 is 12.1 Å². The SMILES string of the molecule is COC(=O)[C@]1(CO[Si](c2ccccc2)(c2ccccc2)C(C)(C)C)C=C(CO)[C@@H](NC(=O)OC(C)(C)C)[C@@H]1N=[N+]=[N-]. The van der Waals surface area contributed by atoms with Crippen molar-refractivity contribution in [3.63, 3.8) is 0 Å². The lowest BCUT2D eigenvalue weighted by atomic mass is 9.83. The van der Waals surface area contributed by atoms with Crippen LogP contribution in [0.2, 0.25) is 5.04 Å². The smallest absolute Gasteiger partial charge is 0.408 e. The number of nitrogens with one attached hydrogen (secondary N) is 1. The first-order valence-electron chi connectivity index (χ1n) is 13.5. The Bertz CT molecular complexity index is 1260. The molecule has 0 saturated heterocycles. The number of nitrogens with zero attached hydrogens (tertiary/aromatic N) is 3. The Morgan fingerprint density at radius 1 is 1.02 bits per heavy atom. The number of hydrogen-bond donors (Lipinski definition) is 2. The van der Waals surface area contributed by atoms with Crippen molar-refractivity contribution in [3.05, 3.63) is 82.8 Å². The van der Waals surface area contributed by atoms with E-state index in [1.165, 1.54) is 13.2 Å². The van der Waals surface area contributed by atoms with Crippen molar-refractivity contribution in [2.75, 3.05) is 20.3 Å². The molecule has 0 aliphatic heterocycles. The van der Waals surface area contributed by atoms with Crippen molar-refractivity contribution in [1.29, 1.82) is 0 Å². The molecule has 0 bridgehead atoms. The van der Waals surface area contributed by atoms with Gasteiger partial charge in [-0.25, -0.2) is 4.79 Å². The predicted molar refractivity (Wildman–Crippen MR) is 159 cm³/mol. The van der Waals surface area contributed by atoms with E-state index >= 15 is 0 Å². The fourth-order valence-corrected chi connectivity index (χ4v) is 10.1. The van der Waals surface area contributed by atoms with Gasteiger partial charge in [-0.1, -0.05) is 92.6 Å². The summed E-state index contributed by atoms with van der Waals surface area (Å²) in [5.74, 6) is -0.715. The molecular weight excluding hydrogens is 540 g/mol. The summed E-state index contributed by atoms with van der Waals surface area (Å²) in [6.45, 7) is 10.7. The minimum Gasteiger partial charge on any atom is -0.468 e. The van der Waals surface area contributed by atoms with E-state index in [9.17, 15) is 20.2 Å². The number of ether oxygens (including phenoxy) is 2. The van der Waals surface area contributed by atoms with Gasteiger partial charge in [0.05, 0.1) is 32.4 Å². The Hall–Kier alpha value is -3.63. The maximum Gasteiger partial charge on any atom is 0.408 e. The van der Waals surface area contributed by atoms with Crippen molar-refractivity contribution in [3.8, 4) is 0 Å². The third-order valence-electron chi connectivity index (χ3n) is 7.23. The number of carbonyl (C=O) groups is 2. The zero-order chi connectivity index (χ0) is 30.5. The number of esters is 1. The van der Waals surface area contributed by atoms with Crippen molar-refractivity contribution in [1.82, 2.24) is 5.32 Å². The molecule has 3 rings (SSSR count). The molecule has 41 heavy (non-hydrogen) atoms. The minimum absolute atomic E-state index is 0.230. The first kappa shape index (κ1) is 31.9. The molecule has 1 aliphatic rings. The molecule has 0 aromatic heterocycles. The number of aliphatic hydroxyl groups is 1. The van der Waals surface area contributed by atoms with Gasteiger partial charge in [-0.15, -0.1) is 0 Å².